The number of amides is 2. The molecule has 0 saturated heterocycles. The maximum absolute atomic E-state index is 15.3. The molecule has 1 aliphatic heterocycles. The number of halogens is 1. The SMILES string of the molecule is CC(C)c1cc2ncc3cc(-c4ccccc4F)c(-c4ccc(C5(N6C(=O)c7ccccc7C6=O)CC(C)(O)C5)cc4)nc3n2n1. The molecule has 0 unspecified atom stereocenters. The average molecular weight is 612 g/mol. The first kappa shape index (κ1) is 28.2. The van der Waals surface area contributed by atoms with Gasteiger partial charge in [0.25, 0.3) is 11.8 Å². The summed E-state index contributed by atoms with van der Waals surface area (Å²) >= 11 is 0. The molecule has 1 fully saturated rings. The number of aromatic nitrogens is 4. The Hall–Kier alpha value is -5.28. The van der Waals surface area contributed by atoms with Gasteiger partial charge in [-0.1, -0.05) is 68.4 Å². The van der Waals surface area contributed by atoms with Gasteiger partial charge in [-0.3, -0.25) is 14.5 Å². The van der Waals surface area contributed by atoms with Crippen LogP contribution in [0.2, 0.25) is 0 Å². The van der Waals surface area contributed by atoms with E-state index in [1.165, 1.54) is 11.0 Å². The number of nitrogens with zero attached hydrogens (tertiary/aromatic N) is 5. The zero-order valence-corrected chi connectivity index (χ0v) is 25.5. The molecule has 8 rings (SSSR count). The molecule has 3 aromatic heterocycles. The van der Waals surface area contributed by atoms with Crippen LogP contribution in [0.15, 0.2) is 91.1 Å². The van der Waals surface area contributed by atoms with E-state index in [-0.39, 0.29) is 36.4 Å². The van der Waals surface area contributed by atoms with E-state index in [0.717, 1.165) is 11.3 Å². The Labute approximate surface area is 264 Å². The van der Waals surface area contributed by atoms with Crippen molar-refractivity contribution in [3.63, 3.8) is 0 Å². The first-order chi connectivity index (χ1) is 22.1. The van der Waals surface area contributed by atoms with Gasteiger partial charge in [-0.25, -0.2) is 14.4 Å². The van der Waals surface area contributed by atoms with Gasteiger partial charge >= 0.3 is 0 Å². The summed E-state index contributed by atoms with van der Waals surface area (Å²) in [5, 5.41) is 16.4. The van der Waals surface area contributed by atoms with E-state index in [2.05, 4.69) is 18.8 Å². The normalized spacial score (nSPS) is 21.0. The highest BCUT2D eigenvalue weighted by atomic mass is 19.1. The molecule has 1 saturated carbocycles. The van der Waals surface area contributed by atoms with E-state index in [1.807, 2.05) is 36.4 Å². The van der Waals surface area contributed by atoms with Gasteiger partial charge in [-0.15, -0.1) is 0 Å². The molecule has 2 aliphatic rings. The van der Waals surface area contributed by atoms with Crippen molar-refractivity contribution in [3.8, 4) is 22.4 Å². The Morgan fingerprint density at radius 3 is 2.09 bits per heavy atom. The van der Waals surface area contributed by atoms with Crippen molar-refractivity contribution < 1.29 is 19.1 Å². The number of rotatable bonds is 5. The largest absolute Gasteiger partial charge is 0.390 e. The third-order valence-corrected chi connectivity index (χ3v) is 9.30. The van der Waals surface area contributed by atoms with E-state index >= 15 is 4.39 Å². The van der Waals surface area contributed by atoms with E-state index in [4.69, 9.17) is 10.1 Å². The maximum atomic E-state index is 15.3. The fraction of sp³-hybridized carbons (Fsp3) is 0.216. The van der Waals surface area contributed by atoms with Crippen molar-refractivity contribution >= 4 is 28.5 Å². The predicted molar refractivity (Wildman–Crippen MR) is 172 cm³/mol. The molecule has 0 spiro atoms. The van der Waals surface area contributed by atoms with Crippen LogP contribution in [-0.4, -0.2) is 47.0 Å². The van der Waals surface area contributed by atoms with Gasteiger partial charge in [0.2, 0.25) is 0 Å². The predicted octanol–water partition coefficient (Wildman–Crippen LogP) is 6.91. The van der Waals surface area contributed by atoms with Gasteiger partial charge in [0, 0.05) is 47.2 Å². The maximum Gasteiger partial charge on any atom is 0.262 e. The minimum Gasteiger partial charge on any atom is -0.390 e. The van der Waals surface area contributed by atoms with Crippen molar-refractivity contribution in [1.29, 1.82) is 0 Å². The molecule has 46 heavy (non-hydrogen) atoms. The Morgan fingerprint density at radius 1 is 0.848 bits per heavy atom. The summed E-state index contributed by atoms with van der Waals surface area (Å²) < 4.78 is 17.0. The summed E-state index contributed by atoms with van der Waals surface area (Å²) in [6, 6.07) is 24.7. The lowest BCUT2D eigenvalue weighted by Crippen LogP contribution is -2.63. The molecule has 0 radical (unpaired) electrons. The lowest BCUT2D eigenvalue weighted by Gasteiger charge is -2.55. The van der Waals surface area contributed by atoms with Gasteiger partial charge < -0.3 is 5.11 Å². The van der Waals surface area contributed by atoms with Gasteiger partial charge in [0.05, 0.1) is 33.7 Å². The molecule has 3 aromatic carbocycles. The molecule has 4 heterocycles. The Balaban J connectivity index is 1.28. The second-order valence-corrected chi connectivity index (χ2v) is 13.0. The number of pyridine rings is 1. The van der Waals surface area contributed by atoms with Gasteiger partial charge in [-0.2, -0.15) is 9.61 Å². The van der Waals surface area contributed by atoms with Crippen LogP contribution in [0, 0.1) is 5.82 Å². The first-order valence-corrected chi connectivity index (χ1v) is 15.3. The highest BCUT2D eigenvalue weighted by Gasteiger charge is 2.60. The Morgan fingerprint density at radius 2 is 1.48 bits per heavy atom. The minimum absolute atomic E-state index is 0.197. The molecule has 228 valence electrons. The van der Waals surface area contributed by atoms with Crippen molar-refractivity contribution in [2.45, 2.75) is 50.7 Å². The lowest BCUT2D eigenvalue weighted by molar-refractivity contribution is -0.118. The van der Waals surface area contributed by atoms with Crippen molar-refractivity contribution in [2.75, 3.05) is 0 Å². The van der Waals surface area contributed by atoms with E-state index < -0.39 is 11.1 Å². The molecule has 0 bridgehead atoms. The monoisotopic (exact) mass is 611 g/mol. The molecule has 9 heteroatoms. The van der Waals surface area contributed by atoms with Crippen LogP contribution in [0.5, 0.6) is 0 Å². The number of hydrogen-bond donors (Lipinski definition) is 1. The van der Waals surface area contributed by atoms with Crippen molar-refractivity contribution in [3.05, 3.63) is 119 Å². The van der Waals surface area contributed by atoms with Crippen LogP contribution in [0.3, 0.4) is 0 Å². The highest BCUT2D eigenvalue weighted by molar-refractivity contribution is 6.22. The van der Waals surface area contributed by atoms with E-state index in [1.54, 1.807) is 60.1 Å². The summed E-state index contributed by atoms with van der Waals surface area (Å²) in [6.45, 7) is 5.85. The number of carbonyl (C=O) groups excluding carboxylic acids is 2. The number of carbonyl (C=O) groups is 2. The average Bonchev–Trinajstić information content (AvgIpc) is 3.59. The number of hydrogen-bond acceptors (Lipinski definition) is 6. The van der Waals surface area contributed by atoms with Crippen molar-refractivity contribution in [2.24, 2.45) is 0 Å². The summed E-state index contributed by atoms with van der Waals surface area (Å²) in [6.07, 6.45) is 2.15. The van der Waals surface area contributed by atoms with Gasteiger partial charge in [0.15, 0.2) is 11.3 Å². The summed E-state index contributed by atoms with van der Waals surface area (Å²) in [5.41, 5.74) is 3.82. The number of aliphatic hydroxyl groups is 1. The molecular weight excluding hydrogens is 581 g/mol. The second kappa shape index (κ2) is 9.86. The van der Waals surface area contributed by atoms with Crippen LogP contribution >= 0.6 is 0 Å². The molecule has 0 atom stereocenters. The fourth-order valence-electron chi connectivity index (χ4n) is 7.16. The molecule has 1 N–H and O–H groups in total. The number of benzene rings is 3. The van der Waals surface area contributed by atoms with Crippen LogP contribution in [0.1, 0.15) is 71.5 Å². The van der Waals surface area contributed by atoms with Gasteiger partial charge in [-0.05, 0) is 42.7 Å². The number of fused-ring (bicyclic) bond motifs is 4. The standard InChI is InChI=1S/C37H30FN5O3/c1-21(2)30-17-31-39-18-23-16-28(25-8-6-7-11-29(25)38)32(40-33(23)43(31)41-30)22-12-14-24(15-13-22)37(19-36(3,46)20-37)42-34(44)26-9-4-5-10-27(26)35(42)45/h4-18,21,46H,19-20H2,1-3H3. The van der Waals surface area contributed by atoms with Crippen LogP contribution in [0.4, 0.5) is 4.39 Å². The highest BCUT2D eigenvalue weighted by Crippen LogP contribution is 2.54. The minimum atomic E-state index is -1.04. The summed E-state index contributed by atoms with van der Waals surface area (Å²) in [7, 11) is 0. The van der Waals surface area contributed by atoms with Crippen LogP contribution < -0.4 is 0 Å². The Bertz CT molecular complexity index is 2200. The van der Waals surface area contributed by atoms with Crippen LogP contribution in [0.25, 0.3) is 39.1 Å². The van der Waals surface area contributed by atoms with E-state index in [9.17, 15) is 14.7 Å². The zero-order valence-electron chi connectivity index (χ0n) is 25.5. The smallest absolute Gasteiger partial charge is 0.262 e. The first-order valence-electron chi connectivity index (χ1n) is 15.3. The fourth-order valence-corrected chi connectivity index (χ4v) is 7.16. The summed E-state index contributed by atoms with van der Waals surface area (Å²) in [4.78, 5) is 38.2. The van der Waals surface area contributed by atoms with Crippen molar-refractivity contribution in [1.82, 2.24) is 24.5 Å². The molecule has 2 amide bonds. The third-order valence-electron chi connectivity index (χ3n) is 9.30. The quantitative estimate of drug-likeness (QED) is 0.213. The van der Waals surface area contributed by atoms with Crippen LogP contribution in [-0.2, 0) is 5.54 Å². The molecule has 6 aromatic rings. The Kier molecular flexibility index (Phi) is 6.05. The topological polar surface area (TPSA) is 101 Å². The molecule has 8 nitrogen and oxygen atoms in total. The third kappa shape index (κ3) is 4.11. The van der Waals surface area contributed by atoms with Gasteiger partial charge in [0.1, 0.15) is 5.82 Å². The molecule has 1 aliphatic carbocycles. The zero-order chi connectivity index (χ0) is 32.0. The number of imide groups is 1. The second-order valence-electron chi connectivity index (χ2n) is 13.0. The molecular formula is C37H30FN5O3. The van der Waals surface area contributed by atoms with E-state index in [0.29, 0.717) is 50.2 Å². The summed E-state index contributed by atoms with van der Waals surface area (Å²) in [5.74, 6) is -0.909. The lowest BCUT2D eigenvalue weighted by atomic mass is 9.61.